The minimum atomic E-state index is -0.731. The first-order valence-electron chi connectivity index (χ1n) is 10.6. The van der Waals surface area contributed by atoms with E-state index in [9.17, 15) is 14.4 Å². The van der Waals surface area contributed by atoms with E-state index in [2.05, 4.69) is 15.6 Å². The van der Waals surface area contributed by atoms with Crippen LogP contribution in [0.4, 0.5) is 5.69 Å². The number of likely N-dealkylation sites (tertiary alicyclic amines) is 1. The number of hydrogen-bond acceptors (Lipinski definition) is 6. The van der Waals surface area contributed by atoms with Crippen LogP contribution in [0.5, 0.6) is 5.75 Å². The lowest BCUT2D eigenvalue weighted by Gasteiger charge is -2.32. The fourth-order valence-electron chi connectivity index (χ4n) is 3.57. The second kappa shape index (κ2) is 11.5. The molecule has 2 heterocycles. The number of carbonyl (C=O) groups excluding carboxylic acids is 3. The van der Waals surface area contributed by atoms with Crippen LogP contribution in [0, 0.1) is 5.92 Å². The maximum Gasteiger partial charge on any atom is 0.313 e. The number of nitrogens with zero attached hydrogens (tertiary/aromatic N) is 2. The predicted molar refractivity (Wildman–Crippen MR) is 124 cm³/mol. The molecule has 2 aromatic rings. The molecule has 3 amide bonds. The zero-order valence-electron chi connectivity index (χ0n) is 18.3. The summed E-state index contributed by atoms with van der Waals surface area (Å²) in [6, 6.07) is 10.6. The van der Waals surface area contributed by atoms with Crippen LogP contribution in [-0.2, 0) is 9.59 Å². The first-order valence-corrected chi connectivity index (χ1v) is 11.8. The van der Waals surface area contributed by atoms with Crippen molar-refractivity contribution in [1.82, 2.24) is 15.2 Å². The SMILES string of the molecule is CCOc1ccccc1NC(=O)C(=O)NCC1CCN(C(=O)c2cccnc2SC)CC1. The summed E-state index contributed by atoms with van der Waals surface area (Å²) in [5, 5.41) is 6.03. The van der Waals surface area contributed by atoms with Gasteiger partial charge in [-0.1, -0.05) is 12.1 Å². The molecule has 0 unspecified atom stereocenters. The number of aromatic nitrogens is 1. The van der Waals surface area contributed by atoms with Gasteiger partial charge in [-0.3, -0.25) is 14.4 Å². The third-order valence-corrected chi connectivity index (χ3v) is 6.00. The van der Waals surface area contributed by atoms with Gasteiger partial charge >= 0.3 is 11.8 Å². The maximum absolute atomic E-state index is 12.8. The zero-order chi connectivity index (χ0) is 22.9. The Morgan fingerprint density at radius 3 is 2.59 bits per heavy atom. The minimum Gasteiger partial charge on any atom is -0.492 e. The van der Waals surface area contributed by atoms with E-state index in [1.54, 1.807) is 42.6 Å². The third-order valence-electron chi connectivity index (χ3n) is 5.29. The largest absolute Gasteiger partial charge is 0.492 e. The van der Waals surface area contributed by atoms with E-state index < -0.39 is 11.8 Å². The number of ether oxygens (including phenoxy) is 1. The van der Waals surface area contributed by atoms with Crippen LogP contribution in [0.2, 0.25) is 0 Å². The number of carbonyl (C=O) groups is 3. The van der Waals surface area contributed by atoms with Crippen molar-refractivity contribution in [3.05, 3.63) is 48.2 Å². The molecule has 0 radical (unpaired) electrons. The average Bonchev–Trinajstić information content (AvgIpc) is 2.83. The minimum absolute atomic E-state index is 0.0164. The highest BCUT2D eigenvalue weighted by Gasteiger charge is 2.26. The summed E-state index contributed by atoms with van der Waals surface area (Å²) in [6.45, 7) is 3.92. The highest BCUT2D eigenvalue weighted by Crippen LogP contribution is 2.24. The van der Waals surface area contributed by atoms with E-state index in [4.69, 9.17) is 4.74 Å². The number of hydrogen-bond donors (Lipinski definition) is 2. The van der Waals surface area contributed by atoms with E-state index >= 15 is 0 Å². The van der Waals surface area contributed by atoms with Crippen molar-refractivity contribution < 1.29 is 19.1 Å². The third kappa shape index (κ3) is 6.00. The van der Waals surface area contributed by atoms with Crippen molar-refractivity contribution in [2.75, 3.05) is 37.8 Å². The van der Waals surface area contributed by atoms with Crippen LogP contribution in [0.3, 0.4) is 0 Å². The van der Waals surface area contributed by atoms with Crippen molar-refractivity contribution in [1.29, 1.82) is 0 Å². The molecule has 0 bridgehead atoms. The Labute approximate surface area is 192 Å². The summed E-state index contributed by atoms with van der Waals surface area (Å²) < 4.78 is 5.46. The Bertz CT molecular complexity index is 961. The van der Waals surface area contributed by atoms with Crippen molar-refractivity contribution in [2.45, 2.75) is 24.8 Å². The molecule has 1 aliphatic heterocycles. The average molecular weight is 457 g/mol. The fraction of sp³-hybridized carbons (Fsp3) is 0.391. The number of para-hydroxylation sites is 2. The van der Waals surface area contributed by atoms with Gasteiger partial charge in [-0.2, -0.15) is 0 Å². The Kier molecular flexibility index (Phi) is 8.49. The molecule has 0 atom stereocenters. The van der Waals surface area contributed by atoms with Crippen molar-refractivity contribution >= 4 is 35.2 Å². The normalized spacial score (nSPS) is 14.0. The molecule has 1 aliphatic rings. The molecule has 32 heavy (non-hydrogen) atoms. The molecule has 8 nitrogen and oxygen atoms in total. The van der Waals surface area contributed by atoms with Gasteiger partial charge in [-0.05, 0) is 56.2 Å². The summed E-state index contributed by atoms with van der Waals surface area (Å²) >= 11 is 1.45. The zero-order valence-corrected chi connectivity index (χ0v) is 19.1. The van der Waals surface area contributed by atoms with Crippen molar-refractivity contribution in [3.8, 4) is 5.75 Å². The molecule has 0 aliphatic carbocycles. The molecule has 1 aromatic heterocycles. The van der Waals surface area contributed by atoms with Crippen LogP contribution >= 0.6 is 11.8 Å². The number of benzene rings is 1. The van der Waals surface area contributed by atoms with Gasteiger partial charge in [0.05, 0.1) is 17.9 Å². The molecule has 0 spiro atoms. The van der Waals surface area contributed by atoms with E-state index in [0.717, 1.165) is 17.9 Å². The van der Waals surface area contributed by atoms with Gasteiger partial charge in [0, 0.05) is 25.8 Å². The Hall–Kier alpha value is -3.07. The number of nitrogens with one attached hydrogen (secondary N) is 2. The van der Waals surface area contributed by atoms with Crippen LogP contribution < -0.4 is 15.4 Å². The molecule has 0 saturated carbocycles. The second-order valence-corrected chi connectivity index (χ2v) is 8.18. The van der Waals surface area contributed by atoms with Gasteiger partial charge in [0.25, 0.3) is 5.91 Å². The molecule has 170 valence electrons. The predicted octanol–water partition coefficient (Wildman–Crippen LogP) is 2.81. The maximum atomic E-state index is 12.8. The molecule has 9 heteroatoms. The number of rotatable bonds is 7. The van der Waals surface area contributed by atoms with E-state index in [0.29, 0.717) is 43.2 Å². The monoisotopic (exact) mass is 456 g/mol. The van der Waals surface area contributed by atoms with Crippen LogP contribution in [0.15, 0.2) is 47.6 Å². The van der Waals surface area contributed by atoms with Crippen LogP contribution in [0.1, 0.15) is 30.1 Å². The van der Waals surface area contributed by atoms with Gasteiger partial charge in [0.1, 0.15) is 10.8 Å². The molecule has 2 N–H and O–H groups in total. The van der Waals surface area contributed by atoms with Gasteiger partial charge in [0.15, 0.2) is 0 Å². The molecule has 3 rings (SSSR count). The lowest BCUT2D eigenvalue weighted by Crippen LogP contribution is -2.43. The van der Waals surface area contributed by atoms with Crippen molar-refractivity contribution in [2.24, 2.45) is 5.92 Å². The molecule has 1 saturated heterocycles. The Morgan fingerprint density at radius 1 is 1.12 bits per heavy atom. The summed E-state index contributed by atoms with van der Waals surface area (Å²) in [6.07, 6.45) is 5.11. The Balaban J connectivity index is 1.46. The lowest BCUT2D eigenvalue weighted by atomic mass is 9.96. The molecular weight excluding hydrogens is 428 g/mol. The highest BCUT2D eigenvalue weighted by molar-refractivity contribution is 7.98. The number of anilines is 1. The molecule has 1 aromatic carbocycles. The molecule has 1 fully saturated rings. The molecular formula is C23H28N4O4S. The van der Waals surface area contributed by atoms with E-state index in [-0.39, 0.29) is 11.8 Å². The first-order chi connectivity index (χ1) is 15.5. The summed E-state index contributed by atoms with van der Waals surface area (Å²) in [4.78, 5) is 43.4. The second-order valence-electron chi connectivity index (χ2n) is 7.39. The van der Waals surface area contributed by atoms with Gasteiger partial charge in [-0.25, -0.2) is 4.98 Å². The number of pyridine rings is 1. The topological polar surface area (TPSA) is 101 Å². The Morgan fingerprint density at radius 2 is 1.88 bits per heavy atom. The smallest absolute Gasteiger partial charge is 0.313 e. The fourth-order valence-corrected chi connectivity index (χ4v) is 4.12. The first kappa shape index (κ1) is 23.6. The lowest BCUT2D eigenvalue weighted by molar-refractivity contribution is -0.136. The standard InChI is InChI=1S/C23H28N4O4S/c1-3-31-19-9-5-4-8-18(19)26-21(29)20(28)25-15-16-10-13-27(14-11-16)23(30)17-7-6-12-24-22(17)32-2/h4-9,12,16H,3,10-11,13-15H2,1-2H3,(H,25,28)(H,26,29). The van der Waals surface area contributed by atoms with Crippen molar-refractivity contribution in [3.63, 3.8) is 0 Å². The summed E-state index contributed by atoms with van der Waals surface area (Å²) in [5.74, 6) is -0.704. The highest BCUT2D eigenvalue weighted by atomic mass is 32.2. The quantitative estimate of drug-likeness (QED) is 0.491. The van der Waals surface area contributed by atoms with E-state index in [1.807, 2.05) is 18.1 Å². The van der Waals surface area contributed by atoms with Crippen LogP contribution in [-0.4, -0.2) is 60.1 Å². The van der Waals surface area contributed by atoms with Gasteiger partial charge < -0.3 is 20.3 Å². The van der Waals surface area contributed by atoms with Gasteiger partial charge in [-0.15, -0.1) is 11.8 Å². The van der Waals surface area contributed by atoms with E-state index in [1.165, 1.54) is 11.8 Å². The number of amides is 3. The van der Waals surface area contributed by atoms with Gasteiger partial charge in [0.2, 0.25) is 0 Å². The number of piperidine rings is 1. The summed E-state index contributed by atoms with van der Waals surface area (Å²) in [7, 11) is 0. The number of thioether (sulfide) groups is 1. The van der Waals surface area contributed by atoms with Crippen LogP contribution in [0.25, 0.3) is 0 Å². The summed E-state index contributed by atoms with van der Waals surface area (Å²) in [5.41, 5.74) is 1.08.